The average molecular weight is 316 g/mol. The molecule has 0 atom stereocenters. The van der Waals surface area contributed by atoms with Gasteiger partial charge in [0.05, 0.1) is 0 Å². The van der Waals surface area contributed by atoms with E-state index in [1.165, 1.54) is 29.9 Å². The largest absolute Gasteiger partial charge is 0.382 e. The number of carbonyl (C=O) groups excluding carboxylic acids is 1. The van der Waals surface area contributed by atoms with Gasteiger partial charge in [-0.05, 0) is 31.8 Å². The summed E-state index contributed by atoms with van der Waals surface area (Å²) in [7, 11) is 0. The van der Waals surface area contributed by atoms with Gasteiger partial charge in [-0.15, -0.1) is 0 Å². The van der Waals surface area contributed by atoms with Crippen molar-refractivity contribution in [1.29, 1.82) is 0 Å². The molecule has 5 nitrogen and oxygen atoms in total. The van der Waals surface area contributed by atoms with E-state index in [0.717, 1.165) is 19.4 Å². The van der Waals surface area contributed by atoms with Gasteiger partial charge in [-0.25, -0.2) is 4.98 Å². The lowest BCUT2D eigenvalue weighted by atomic mass is 10.2. The summed E-state index contributed by atoms with van der Waals surface area (Å²) in [4.78, 5) is 16.6. The van der Waals surface area contributed by atoms with Crippen LogP contribution in [-0.2, 0) is 0 Å². The van der Waals surface area contributed by atoms with Crippen molar-refractivity contribution in [3.63, 3.8) is 0 Å². The van der Waals surface area contributed by atoms with Crippen LogP contribution in [0.4, 0.5) is 10.9 Å². The van der Waals surface area contributed by atoms with E-state index in [2.05, 4.69) is 21.9 Å². The van der Waals surface area contributed by atoms with Crippen LogP contribution in [0.15, 0.2) is 0 Å². The van der Waals surface area contributed by atoms with Gasteiger partial charge in [0, 0.05) is 13.1 Å². The van der Waals surface area contributed by atoms with Crippen molar-refractivity contribution in [3.8, 4) is 0 Å². The number of nitrogen functional groups attached to an aromatic ring is 1. The molecule has 0 aliphatic rings. The standard InChI is InChI=1S/C13H24N4OS2/c1-3-15-13-17-11(14)10(20-13)12(18)16-8-6-4-5-7-9-19-2/h3-9,14H2,1-2H3,(H,15,17)(H,16,18). The molecule has 0 aliphatic heterocycles. The molecule has 0 radical (unpaired) electrons. The van der Waals surface area contributed by atoms with E-state index in [-0.39, 0.29) is 5.91 Å². The maximum atomic E-state index is 12.0. The van der Waals surface area contributed by atoms with Crippen molar-refractivity contribution in [2.45, 2.75) is 32.6 Å². The molecule has 1 aromatic heterocycles. The first kappa shape index (κ1) is 17.1. The number of hydrogen-bond acceptors (Lipinski definition) is 6. The minimum absolute atomic E-state index is 0.117. The maximum Gasteiger partial charge on any atom is 0.265 e. The van der Waals surface area contributed by atoms with Gasteiger partial charge < -0.3 is 16.4 Å². The van der Waals surface area contributed by atoms with Crippen LogP contribution in [0.5, 0.6) is 0 Å². The summed E-state index contributed by atoms with van der Waals surface area (Å²) in [6, 6.07) is 0. The van der Waals surface area contributed by atoms with Crippen LogP contribution >= 0.6 is 23.1 Å². The molecule has 0 aromatic carbocycles. The molecule has 0 bridgehead atoms. The minimum Gasteiger partial charge on any atom is -0.382 e. The van der Waals surface area contributed by atoms with E-state index in [9.17, 15) is 4.79 Å². The predicted molar refractivity (Wildman–Crippen MR) is 89.9 cm³/mol. The van der Waals surface area contributed by atoms with Crippen molar-refractivity contribution in [2.75, 3.05) is 36.1 Å². The van der Waals surface area contributed by atoms with E-state index in [0.29, 0.717) is 22.4 Å². The monoisotopic (exact) mass is 316 g/mol. The fourth-order valence-corrected chi connectivity index (χ4v) is 3.09. The lowest BCUT2D eigenvalue weighted by Crippen LogP contribution is -2.24. The van der Waals surface area contributed by atoms with Gasteiger partial charge in [0.15, 0.2) is 5.13 Å². The number of thioether (sulfide) groups is 1. The highest BCUT2D eigenvalue weighted by molar-refractivity contribution is 7.98. The summed E-state index contributed by atoms with van der Waals surface area (Å²) < 4.78 is 0. The Morgan fingerprint density at radius 1 is 1.35 bits per heavy atom. The second kappa shape index (κ2) is 9.88. The fraction of sp³-hybridized carbons (Fsp3) is 0.692. The first-order valence-electron chi connectivity index (χ1n) is 6.96. The van der Waals surface area contributed by atoms with E-state index in [1.807, 2.05) is 18.7 Å². The highest BCUT2D eigenvalue weighted by atomic mass is 32.2. The zero-order valence-electron chi connectivity index (χ0n) is 12.2. The van der Waals surface area contributed by atoms with Crippen LogP contribution < -0.4 is 16.4 Å². The van der Waals surface area contributed by atoms with Crippen LogP contribution in [0.2, 0.25) is 0 Å². The number of nitrogens with one attached hydrogen (secondary N) is 2. The molecular weight excluding hydrogens is 292 g/mol. The van der Waals surface area contributed by atoms with Crippen molar-refractivity contribution >= 4 is 40.0 Å². The first-order valence-corrected chi connectivity index (χ1v) is 9.17. The second-order valence-electron chi connectivity index (χ2n) is 4.43. The Balaban J connectivity index is 2.25. The number of amides is 1. The van der Waals surface area contributed by atoms with Gasteiger partial charge in [0.2, 0.25) is 0 Å². The smallest absolute Gasteiger partial charge is 0.265 e. The normalized spacial score (nSPS) is 10.5. The number of anilines is 2. The molecule has 20 heavy (non-hydrogen) atoms. The van der Waals surface area contributed by atoms with Crippen molar-refractivity contribution in [1.82, 2.24) is 10.3 Å². The van der Waals surface area contributed by atoms with Gasteiger partial charge in [0.25, 0.3) is 5.91 Å². The highest BCUT2D eigenvalue weighted by Gasteiger charge is 2.15. The van der Waals surface area contributed by atoms with Gasteiger partial charge in [-0.1, -0.05) is 24.2 Å². The van der Waals surface area contributed by atoms with Crippen molar-refractivity contribution < 1.29 is 4.79 Å². The SMILES string of the molecule is CCNc1nc(N)c(C(=O)NCCCCCCSC)s1. The van der Waals surface area contributed by atoms with Gasteiger partial charge in [-0.2, -0.15) is 11.8 Å². The van der Waals surface area contributed by atoms with Crippen LogP contribution in [0.3, 0.4) is 0 Å². The Morgan fingerprint density at radius 2 is 2.10 bits per heavy atom. The molecule has 1 rings (SSSR count). The van der Waals surface area contributed by atoms with E-state index < -0.39 is 0 Å². The third-order valence-corrected chi connectivity index (χ3v) is 4.47. The number of nitrogens with zero attached hydrogens (tertiary/aromatic N) is 1. The van der Waals surface area contributed by atoms with Crippen LogP contribution in [0.25, 0.3) is 0 Å². The average Bonchev–Trinajstić information content (AvgIpc) is 2.79. The molecule has 1 amide bonds. The van der Waals surface area contributed by atoms with Crippen LogP contribution in [-0.4, -0.2) is 36.0 Å². The third kappa shape index (κ3) is 6.00. The van der Waals surface area contributed by atoms with Crippen molar-refractivity contribution in [2.24, 2.45) is 0 Å². The molecule has 0 saturated carbocycles. The molecule has 1 aromatic rings. The molecule has 1 heterocycles. The Hall–Kier alpha value is -0.950. The molecule has 0 spiro atoms. The highest BCUT2D eigenvalue weighted by Crippen LogP contribution is 2.24. The lowest BCUT2D eigenvalue weighted by Gasteiger charge is -2.03. The number of rotatable bonds is 10. The summed E-state index contributed by atoms with van der Waals surface area (Å²) >= 11 is 3.19. The summed E-state index contributed by atoms with van der Waals surface area (Å²) in [6.45, 7) is 3.45. The van der Waals surface area contributed by atoms with Crippen molar-refractivity contribution in [3.05, 3.63) is 4.88 Å². The molecule has 0 aliphatic carbocycles. The molecule has 114 valence electrons. The number of unbranched alkanes of at least 4 members (excludes halogenated alkanes) is 3. The zero-order valence-corrected chi connectivity index (χ0v) is 13.8. The van der Waals surface area contributed by atoms with Gasteiger partial charge >= 0.3 is 0 Å². The Bertz CT molecular complexity index is 409. The van der Waals surface area contributed by atoms with E-state index in [4.69, 9.17) is 5.73 Å². The molecule has 4 N–H and O–H groups in total. The summed E-state index contributed by atoms with van der Waals surface area (Å²) in [5.41, 5.74) is 5.75. The van der Waals surface area contributed by atoms with Gasteiger partial charge in [-0.3, -0.25) is 4.79 Å². The summed E-state index contributed by atoms with van der Waals surface area (Å²) in [5.74, 6) is 1.41. The third-order valence-electron chi connectivity index (χ3n) is 2.75. The predicted octanol–water partition coefficient (Wildman–Crippen LogP) is 2.81. The molecule has 0 saturated heterocycles. The molecule has 0 fully saturated rings. The number of thiazole rings is 1. The quantitative estimate of drug-likeness (QED) is 0.578. The Labute approximate surface area is 129 Å². The first-order chi connectivity index (χ1) is 9.69. The zero-order chi connectivity index (χ0) is 14.8. The fourth-order valence-electron chi connectivity index (χ4n) is 1.73. The molecular formula is C13H24N4OS2. The maximum absolute atomic E-state index is 12.0. The molecule has 0 unspecified atom stereocenters. The van der Waals surface area contributed by atoms with Crippen LogP contribution in [0, 0.1) is 0 Å². The summed E-state index contributed by atoms with van der Waals surface area (Å²) in [6.07, 6.45) is 6.77. The minimum atomic E-state index is -0.117. The number of aromatic nitrogens is 1. The van der Waals surface area contributed by atoms with Gasteiger partial charge in [0.1, 0.15) is 10.7 Å². The Kier molecular flexibility index (Phi) is 8.45. The number of nitrogens with two attached hydrogens (primary N) is 1. The lowest BCUT2D eigenvalue weighted by molar-refractivity contribution is 0.0957. The Morgan fingerprint density at radius 3 is 2.80 bits per heavy atom. The van der Waals surface area contributed by atoms with Crippen LogP contribution in [0.1, 0.15) is 42.3 Å². The molecule has 7 heteroatoms. The number of hydrogen-bond donors (Lipinski definition) is 3. The second-order valence-corrected chi connectivity index (χ2v) is 6.41. The van der Waals surface area contributed by atoms with E-state index in [1.54, 1.807) is 0 Å². The topological polar surface area (TPSA) is 80.0 Å². The summed E-state index contributed by atoms with van der Waals surface area (Å²) in [5, 5.41) is 6.67. The number of carbonyl (C=O) groups is 1. The van der Waals surface area contributed by atoms with E-state index >= 15 is 0 Å².